The Morgan fingerprint density at radius 2 is 2.21 bits per heavy atom. The highest BCUT2D eigenvalue weighted by molar-refractivity contribution is 8.00. The number of benzene rings is 1. The minimum absolute atomic E-state index is 0.208. The molecular weight excluding hydrogens is 424 g/mol. The van der Waals surface area contributed by atoms with Crippen LogP contribution >= 0.6 is 35.3 Å². The highest BCUT2D eigenvalue weighted by Crippen LogP contribution is 2.33. The average molecular weight is 445 g/mol. The van der Waals surface area contributed by atoms with Crippen molar-refractivity contribution in [1.29, 1.82) is 0 Å². The Labute approximate surface area is 181 Å². The standard InChI is InChI=1S/C20H20N4O2S3/c1-2-24-16(22-23-20(24)27)9-10-21-19(25)18-14(12-29-17-8-5-11-28-17)13-6-3-4-7-15(13)26-18/h3-8,11H,2,9-10,12H2,1H3,(H,21,25)(H,23,27). The van der Waals surface area contributed by atoms with Crippen molar-refractivity contribution in [3.8, 4) is 0 Å². The lowest BCUT2D eigenvalue weighted by molar-refractivity contribution is 0.0927. The zero-order valence-corrected chi connectivity index (χ0v) is 18.3. The number of nitrogens with zero attached hydrogens (tertiary/aromatic N) is 2. The normalized spacial score (nSPS) is 11.2. The summed E-state index contributed by atoms with van der Waals surface area (Å²) in [6.45, 7) is 3.21. The van der Waals surface area contributed by atoms with Gasteiger partial charge in [0.15, 0.2) is 10.5 Å². The van der Waals surface area contributed by atoms with E-state index in [9.17, 15) is 4.79 Å². The molecule has 6 nitrogen and oxygen atoms in total. The van der Waals surface area contributed by atoms with Crippen LogP contribution in [0.2, 0.25) is 0 Å². The number of H-pyrrole nitrogens is 1. The van der Waals surface area contributed by atoms with Crippen LogP contribution in [0.15, 0.2) is 50.4 Å². The van der Waals surface area contributed by atoms with Crippen molar-refractivity contribution < 1.29 is 9.21 Å². The number of para-hydroxylation sites is 1. The maximum Gasteiger partial charge on any atom is 0.287 e. The van der Waals surface area contributed by atoms with Gasteiger partial charge in [-0.3, -0.25) is 9.89 Å². The van der Waals surface area contributed by atoms with Crippen LogP contribution in [0.25, 0.3) is 11.0 Å². The van der Waals surface area contributed by atoms with Crippen LogP contribution in [0.3, 0.4) is 0 Å². The summed E-state index contributed by atoms with van der Waals surface area (Å²) >= 11 is 8.61. The zero-order chi connectivity index (χ0) is 20.2. The molecule has 2 N–H and O–H groups in total. The Morgan fingerprint density at radius 3 is 3.00 bits per heavy atom. The van der Waals surface area contributed by atoms with Crippen LogP contribution in [0, 0.1) is 4.77 Å². The monoisotopic (exact) mass is 444 g/mol. The number of aromatic amines is 1. The molecule has 3 aromatic heterocycles. The van der Waals surface area contributed by atoms with Crippen LogP contribution in [0.1, 0.15) is 28.9 Å². The van der Waals surface area contributed by atoms with Gasteiger partial charge in [0.2, 0.25) is 0 Å². The average Bonchev–Trinajstić information content (AvgIpc) is 3.45. The van der Waals surface area contributed by atoms with Gasteiger partial charge in [0.1, 0.15) is 11.4 Å². The first-order valence-electron chi connectivity index (χ1n) is 9.26. The highest BCUT2D eigenvalue weighted by atomic mass is 32.2. The lowest BCUT2D eigenvalue weighted by Gasteiger charge is -2.06. The van der Waals surface area contributed by atoms with E-state index in [2.05, 4.69) is 27.0 Å². The number of nitrogens with one attached hydrogen (secondary N) is 2. The van der Waals surface area contributed by atoms with Crippen molar-refractivity contribution >= 4 is 52.2 Å². The molecule has 0 fully saturated rings. The van der Waals surface area contributed by atoms with Gasteiger partial charge in [0.25, 0.3) is 5.91 Å². The summed E-state index contributed by atoms with van der Waals surface area (Å²) in [6, 6.07) is 11.9. The number of hydrogen-bond acceptors (Lipinski definition) is 6. The molecule has 1 amide bonds. The molecule has 0 radical (unpaired) electrons. The number of aromatic nitrogens is 3. The minimum Gasteiger partial charge on any atom is -0.451 e. The van der Waals surface area contributed by atoms with E-state index in [4.69, 9.17) is 16.6 Å². The first-order chi connectivity index (χ1) is 14.2. The number of hydrogen-bond donors (Lipinski definition) is 2. The molecule has 3 heterocycles. The fourth-order valence-corrected chi connectivity index (χ4v) is 5.24. The number of carbonyl (C=O) groups excluding carboxylic acids is 1. The van der Waals surface area contributed by atoms with Crippen molar-refractivity contribution in [1.82, 2.24) is 20.1 Å². The first kappa shape index (κ1) is 19.9. The van der Waals surface area contributed by atoms with Crippen LogP contribution in [-0.2, 0) is 18.7 Å². The molecule has 0 unspecified atom stereocenters. The maximum absolute atomic E-state index is 12.9. The summed E-state index contributed by atoms with van der Waals surface area (Å²) in [5, 5.41) is 13.0. The van der Waals surface area contributed by atoms with E-state index >= 15 is 0 Å². The molecule has 4 rings (SSSR count). The number of furan rings is 1. The van der Waals surface area contributed by atoms with Gasteiger partial charge in [-0.2, -0.15) is 5.10 Å². The lowest BCUT2D eigenvalue weighted by Crippen LogP contribution is -2.27. The molecule has 0 bridgehead atoms. The largest absolute Gasteiger partial charge is 0.451 e. The van der Waals surface area contributed by atoms with Crippen molar-refractivity contribution in [3.05, 3.63) is 63.7 Å². The Kier molecular flexibility index (Phi) is 6.17. The number of fused-ring (bicyclic) bond motifs is 1. The zero-order valence-electron chi connectivity index (χ0n) is 15.8. The first-order valence-corrected chi connectivity index (χ1v) is 11.5. The van der Waals surface area contributed by atoms with Gasteiger partial charge >= 0.3 is 0 Å². The Morgan fingerprint density at radius 1 is 1.34 bits per heavy atom. The van der Waals surface area contributed by atoms with E-state index in [1.54, 1.807) is 23.1 Å². The molecule has 4 aromatic rings. The summed E-state index contributed by atoms with van der Waals surface area (Å²) in [4.78, 5) is 12.9. The van der Waals surface area contributed by atoms with E-state index in [0.717, 1.165) is 28.9 Å². The molecule has 0 aliphatic rings. The third-order valence-electron chi connectivity index (χ3n) is 4.55. The molecular formula is C20H20N4O2S3. The predicted molar refractivity (Wildman–Crippen MR) is 119 cm³/mol. The van der Waals surface area contributed by atoms with Crippen LogP contribution in [0.4, 0.5) is 0 Å². The quantitative estimate of drug-likeness (QED) is 0.294. The second kappa shape index (κ2) is 8.98. The number of amides is 1. The molecule has 150 valence electrons. The van der Waals surface area contributed by atoms with E-state index in [1.807, 2.05) is 41.8 Å². The Hall–Kier alpha value is -2.36. The van der Waals surface area contributed by atoms with Gasteiger partial charge in [-0.25, -0.2) is 0 Å². The Bertz CT molecular complexity index is 1170. The second-order valence-corrected chi connectivity index (χ2v) is 8.93. The molecule has 0 atom stereocenters. The second-order valence-electron chi connectivity index (χ2n) is 6.32. The van der Waals surface area contributed by atoms with E-state index in [-0.39, 0.29) is 5.91 Å². The molecule has 1 aromatic carbocycles. The van der Waals surface area contributed by atoms with Crippen molar-refractivity contribution in [2.45, 2.75) is 29.9 Å². The summed E-state index contributed by atoms with van der Waals surface area (Å²) < 4.78 is 9.65. The molecule has 0 spiro atoms. The van der Waals surface area contributed by atoms with Gasteiger partial charge in [0.05, 0.1) is 4.21 Å². The van der Waals surface area contributed by atoms with Crippen molar-refractivity contribution in [2.75, 3.05) is 6.54 Å². The summed E-state index contributed by atoms with van der Waals surface area (Å²) in [7, 11) is 0. The summed E-state index contributed by atoms with van der Waals surface area (Å²) in [5.74, 6) is 1.68. The topological polar surface area (TPSA) is 75.8 Å². The summed E-state index contributed by atoms with van der Waals surface area (Å²) in [6.07, 6.45) is 0.590. The SMILES string of the molecule is CCn1c(CCNC(=O)c2oc3ccccc3c2CSc2cccs2)n[nH]c1=S. The molecule has 0 saturated heterocycles. The lowest BCUT2D eigenvalue weighted by atomic mass is 10.1. The van der Waals surface area contributed by atoms with Gasteiger partial charge in [0, 0.05) is 36.2 Å². The van der Waals surface area contributed by atoms with Gasteiger partial charge in [-0.15, -0.1) is 23.1 Å². The molecule has 0 aliphatic carbocycles. The number of carbonyl (C=O) groups is 1. The molecule has 0 saturated carbocycles. The maximum atomic E-state index is 12.9. The van der Waals surface area contributed by atoms with Crippen LogP contribution < -0.4 is 5.32 Å². The van der Waals surface area contributed by atoms with Gasteiger partial charge in [-0.1, -0.05) is 24.3 Å². The molecule has 9 heteroatoms. The number of thioether (sulfide) groups is 1. The smallest absolute Gasteiger partial charge is 0.287 e. The van der Waals surface area contributed by atoms with E-state index < -0.39 is 0 Å². The molecule has 29 heavy (non-hydrogen) atoms. The van der Waals surface area contributed by atoms with Gasteiger partial charge < -0.3 is 14.3 Å². The third-order valence-corrected chi connectivity index (χ3v) is 7.02. The highest BCUT2D eigenvalue weighted by Gasteiger charge is 2.20. The van der Waals surface area contributed by atoms with Crippen molar-refractivity contribution in [2.24, 2.45) is 0 Å². The molecule has 0 aliphatic heterocycles. The third kappa shape index (κ3) is 4.31. The van der Waals surface area contributed by atoms with Crippen LogP contribution in [0.5, 0.6) is 0 Å². The number of thiophene rings is 1. The fourth-order valence-electron chi connectivity index (χ4n) is 3.15. The Balaban J connectivity index is 1.50. The minimum atomic E-state index is -0.208. The van der Waals surface area contributed by atoms with Crippen molar-refractivity contribution in [3.63, 3.8) is 0 Å². The van der Waals surface area contributed by atoms with Crippen LogP contribution in [-0.4, -0.2) is 27.2 Å². The van der Waals surface area contributed by atoms with E-state index in [1.165, 1.54) is 4.21 Å². The van der Waals surface area contributed by atoms with Gasteiger partial charge in [-0.05, 0) is 36.7 Å². The fraction of sp³-hybridized carbons (Fsp3) is 0.250. The number of rotatable bonds is 8. The predicted octanol–water partition coefficient (Wildman–Crippen LogP) is 5.03. The summed E-state index contributed by atoms with van der Waals surface area (Å²) in [5.41, 5.74) is 1.65. The van der Waals surface area contributed by atoms with E-state index in [0.29, 0.717) is 29.2 Å².